The van der Waals surface area contributed by atoms with Gasteiger partial charge in [-0.2, -0.15) is 0 Å². The maximum absolute atomic E-state index is 5.75. The zero-order valence-electron chi connectivity index (χ0n) is 11.4. The summed E-state index contributed by atoms with van der Waals surface area (Å²) < 4.78 is 5.75. The number of nitrogens with one attached hydrogen (secondary N) is 1. The predicted molar refractivity (Wildman–Crippen MR) is 71.4 cm³/mol. The van der Waals surface area contributed by atoms with E-state index in [1.165, 1.54) is 12.8 Å². The van der Waals surface area contributed by atoms with Gasteiger partial charge in [-0.05, 0) is 24.8 Å². The van der Waals surface area contributed by atoms with Crippen molar-refractivity contribution in [2.45, 2.75) is 39.7 Å². The second kappa shape index (κ2) is 6.69. The summed E-state index contributed by atoms with van der Waals surface area (Å²) in [5, 5.41) is 3.39. The highest BCUT2D eigenvalue weighted by Crippen LogP contribution is 2.32. The Balaban J connectivity index is 1.79. The van der Waals surface area contributed by atoms with Crippen LogP contribution in [0.1, 0.15) is 38.7 Å². The lowest BCUT2D eigenvalue weighted by atomic mass is 10.2. The quantitative estimate of drug-likeness (QED) is 0.768. The first-order chi connectivity index (χ1) is 8.75. The van der Waals surface area contributed by atoms with E-state index < -0.39 is 0 Å². The van der Waals surface area contributed by atoms with E-state index in [0.29, 0.717) is 5.92 Å². The molecule has 4 nitrogen and oxygen atoms in total. The third-order valence-corrected chi connectivity index (χ3v) is 3.08. The van der Waals surface area contributed by atoms with Crippen LogP contribution in [0.5, 0.6) is 5.88 Å². The first-order valence-corrected chi connectivity index (χ1v) is 6.88. The fourth-order valence-corrected chi connectivity index (χ4v) is 1.82. The van der Waals surface area contributed by atoms with E-state index in [0.717, 1.165) is 43.5 Å². The van der Waals surface area contributed by atoms with Gasteiger partial charge in [-0.1, -0.05) is 26.7 Å². The Morgan fingerprint density at radius 2 is 2.28 bits per heavy atom. The van der Waals surface area contributed by atoms with Crippen molar-refractivity contribution in [1.29, 1.82) is 0 Å². The normalized spacial score (nSPS) is 15.1. The number of nitrogens with zero attached hydrogens (tertiary/aromatic N) is 2. The molecule has 0 aromatic carbocycles. The molecule has 0 saturated heterocycles. The van der Waals surface area contributed by atoms with Crippen LogP contribution in [-0.4, -0.2) is 23.1 Å². The fraction of sp³-hybridized carbons (Fsp3) is 0.714. The van der Waals surface area contributed by atoms with Crippen LogP contribution in [0.25, 0.3) is 0 Å². The zero-order chi connectivity index (χ0) is 12.8. The molecule has 1 N–H and O–H groups in total. The minimum absolute atomic E-state index is 0.647. The van der Waals surface area contributed by atoms with Gasteiger partial charge in [0.25, 0.3) is 0 Å². The molecule has 1 heterocycles. The van der Waals surface area contributed by atoms with Crippen molar-refractivity contribution in [3.63, 3.8) is 0 Å². The van der Waals surface area contributed by atoms with Crippen LogP contribution in [0.15, 0.2) is 12.5 Å². The van der Waals surface area contributed by atoms with Crippen LogP contribution in [0.3, 0.4) is 0 Å². The largest absolute Gasteiger partial charge is 0.477 e. The van der Waals surface area contributed by atoms with E-state index in [1.807, 2.05) is 6.20 Å². The molecule has 18 heavy (non-hydrogen) atoms. The smallest absolute Gasteiger partial charge is 0.220 e. The molecule has 1 aromatic heterocycles. The Kier molecular flexibility index (Phi) is 4.93. The summed E-state index contributed by atoms with van der Waals surface area (Å²) in [6.45, 7) is 6.94. The number of ether oxygens (including phenoxy) is 1. The van der Waals surface area contributed by atoms with Crippen molar-refractivity contribution < 1.29 is 4.74 Å². The molecule has 4 heteroatoms. The summed E-state index contributed by atoms with van der Waals surface area (Å²) in [7, 11) is 0. The highest BCUT2D eigenvalue weighted by Gasteiger charge is 2.21. The van der Waals surface area contributed by atoms with Gasteiger partial charge in [-0.15, -0.1) is 0 Å². The summed E-state index contributed by atoms with van der Waals surface area (Å²) in [5.41, 5.74) is 1.05. The number of hydrogen-bond donors (Lipinski definition) is 1. The van der Waals surface area contributed by atoms with Crippen LogP contribution in [-0.2, 0) is 6.54 Å². The predicted octanol–water partition coefficient (Wildman–Crippen LogP) is 2.40. The molecule has 0 unspecified atom stereocenters. The maximum atomic E-state index is 5.75. The van der Waals surface area contributed by atoms with Gasteiger partial charge in [0, 0.05) is 18.3 Å². The fourth-order valence-electron chi connectivity index (χ4n) is 1.82. The lowest BCUT2D eigenvalue weighted by Crippen LogP contribution is -2.20. The van der Waals surface area contributed by atoms with Crippen LogP contribution in [0, 0.1) is 11.8 Å². The highest BCUT2D eigenvalue weighted by atomic mass is 16.5. The Hall–Kier alpha value is -1.16. The average Bonchev–Trinajstić information content (AvgIpc) is 3.15. The molecule has 1 aliphatic carbocycles. The molecule has 1 saturated carbocycles. The first-order valence-electron chi connectivity index (χ1n) is 6.88. The second-order valence-corrected chi connectivity index (χ2v) is 5.46. The lowest BCUT2D eigenvalue weighted by molar-refractivity contribution is 0.286. The maximum Gasteiger partial charge on any atom is 0.220 e. The van der Waals surface area contributed by atoms with Crippen LogP contribution < -0.4 is 10.1 Å². The Bertz CT molecular complexity index is 337. The topological polar surface area (TPSA) is 47.0 Å². The minimum atomic E-state index is 0.647. The second-order valence-electron chi connectivity index (χ2n) is 5.46. The van der Waals surface area contributed by atoms with Gasteiger partial charge in [0.15, 0.2) is 0 Å². The van der Waals surface area contributed by atoms with Crippen molar-refractivity contribution in [3.8, 4) is 5.88 Å². The lowest BCUT2D eigenvalue weighted by Gasteiger charge is -2.11. The highest BCUT2D eigenvalue weighted by molar-refractivity contribution is 5.21. The van der Waals surface area contributed by atoms with Gasteiger partial charge in [0.1, 0.15) is 6.33 Å². The number of hydrogen-bond acceptors (Lipinski definition) is 4. The van der Waals surface area contributed by atoms with E-state index >= 15 is 0 Å². The van der Waals surface area contributed by atoms with Crippen LogP contribution >= 0.6 is 0 Å². The Morgan fingerprint density at radius 3 is 3.00 bits per heavy atom. The molecule has 100 valence electrons. The average molecular weight is 249 g/mol. The third-order valence-electron chi connectivity index (χ3n) is 3.08. The van der Waals surface area contributed by atoms with Crippen molar-refractivity contribution in [2.75, 3.05) is 13.2 Å². The summed E-state index contributed by atoms with van der Waals surface area (Å²) in [4.78, 5) is 8.29. The molecule has 1 fully saturated rings. The van der Waals surface area contributed by atoms with Crippen molar-refractivity contribution in [3.05, 3.63) is 18.1 Å². The van der Waals surface area contributed by atoms with Gasteiger partial charge in [-0.3, -0.25) is 0 Å². The molecule has 0 atom stereocenters. The molecule has 1 aliphatic rings. The van der Waals surface area contributed by atoms with Gasteiger partial charge >= 0.3 is 0 Å². The molecule has 0 spiro atoms. The standard InChI is InChI=1S/C14H23N3O/c1-11(2)7-15-8-13-9-16-10-17-14(13)18-6-5-12-3-4-12/h9-12,15H,3-8H2,1-2H3. The van der Waals surface area contributed by atoms with E-state index in [9.17, 15) is 0 Å². The SMILES string of the molecule is CC(C)CNCc1cncnc1OCCC1CC1. The van der Waals surface area contributed by atoms with E-state index in [1.54, 1.807) is 6.33 Å². The molecular weight excluding hydrogens is 226 g/mol. The summed E-state index contributed by atoms with van der Waals surface area (Å²) >= 11 is 0. The van der Waals surface area contributed by atoms with E-state index in [2.05, 4.69) is 29.1 Å². The van der Waals surface area contributed by atoms with Crippen molar-refractivity contribution in [2.24, 2.45) is 11.8 Å². The van der Waals surface area contributed by atoms with Crippen LogP contribution in [0.2, 0.25) is 0 Å². The Labute approximate surface area is 109 Å². The Morgan fingerprint density at radius 1 is 1.44 bits per heavy atom. The summed E-state index contributed by atoms with van der Waals surface area (Å²) in [6.07, 6.45) is 7.29. The van der Waals surface area contributed by atoms with Crippen molar-refractivity contribution in [1.82, 2.24) is 15.3 Å². The minimum Gasteiger partial charge on any atom is -0.477 e. The molecule has 0 amide bonds. The summed E-state index contributed by atoms with van der Waals surface area (Å²) in [6, 6.07) is 0. The molecule has 0 radical (unpaired) electrons. The molecule has 0 bridgehead atoms. The first kappa shape index (κ1) is 13.3. The van der Waals surface area contributed by atoms with E-state index in [4.69, 9.17) is 4.74 Å². The third kappa shape index (κ3) is 4.61. The molecule has 0 aliphatic heterocycles. The number of aromatic nitrogens is 2. The monoisotopic (exact) mass is 249 g/mol. The van der Waals surface area contributed by atoms with Gasteiger partial charge < -0.3 is 10.1 Å². The van der Waals surface area contributed by atoms with E-state index in [-0.39, 0.29) is 0 Å². The van der Waals surface area contributed by atoms with Gasteiger partial charge in [0.05, 0.1) is 6.61 Å². The number of rotatable bonds is 8. The molecular formula is C14H23N3O. The molecule has 2 rings (SSSR count). The zero-order valence-corrected chi connectivity index (χ0v) is 11.4. The van der Waals surface area contributed by atoms with Crippen LogP contribution in [0.4, 0.5) is 0 Å². The van der Waals surface area contributed by atoms with Crippen molar-refractivity contribution >= 4 is 0 Å². The summed E-state index contributed by atoms with van der Waals surface area (Å²) in [5.74, 6) is 2.28. The van der Waals surface area contributed by atoms with Gasteiger partial charge in [0.2, 0.25) is 5.88 Å². The van der Waals surface area contributed by atoms with Gasteiger partial charge in [-0.25, -0.2) is 9.97 Å². The molecule has 1 aromatic rings.